The van der Waals surface area contributed by atoms with E-state index in [-0.39, 0.29) is 11.7 Å². The first-order valence-corrected chi connectivity index (χ1v) is 8.45. The summed E-state index contributed by atoms with van der Waals surface area (Å²) in [6, 6.07) is 13.3. The van der Waals surface area contributed by atoms with Gasteiger partial charge in [-0.3, -0.25) is 9.48 Å². The van der Waals surface area contributed by atoms with Crippen molar-refractivity contribution in [3.8, 4) is 5.75 Å². The molecule has 1 heterocycles. The number of anilines is 1. The molecule has 2 aromatic carbocycles. The van der Waals surface area contributed by atoms with Gasteiger partial charge in [0.25, 0.3) is 5.91 Å². The zero-order chi connectivity index (χ0) is 18.4. The Bertz CT molecular complexity index is 875. The average molecular weight is 353 g/mol. The van der Waals surface area contributed by atoms with Crippen molar-refractivity contribution in [1.29, 1.82) is 0 Å². The minimum atomic E-state index is -0.271. The van der Waals surface area contributed by atoms with Crippen molar-refractivity contribution in [2.75, 3.05) is 11.9 Å². The molecule has 6 heteroatoms. The smallest absolute Gasteiger partial charge is 0.255 e. The number of nitrogens with zero attached hydrogens (tertiary/aromatic N) is 2. The van der Waals surface area contributed by atoms with Gasteiger partial charge in [-0.25, -0.2) is 4.39 Å². The van der Waals surface area contributed by atoms with E-state index in [0.717, 1.165) is 12.0 Å². The zero-order valence-electron chi connectivity index (χ0n) is 14.5. The van der Waals surface area contributed by atoms with Gasteiger partial charge in [0.15, 0.2) is 0 Å². The summed E-state index contributed by atoms with van der Waals surface area (Å²) in [6.07, 6.45) is 4.22. The predicted octanol–water partition coefficient (Wildman–Crippen LogP) is 4.11. The van der Waals surface area contributed by atoms with Gasteiger partial charge in [-0.2, -0.15) is 5.10 Å². The molecular formula is C20H20FN3O2. The third-order valence-electron chi connectivity index (χ3n) is 3.72. The minimum Gasteiger partial charge on any atom is -0.494 e. The van der Waals surface area contributed by atoms with Crippen LogP contribution in [-0.4, -0.2) is 22.3 Å². The van der Waals surface area contributed by atoms with E-state index in [0.29, 0.717) is 30.2 Å². The number of nitrogens with one attached hydrogen (secondary N) is 1. The maximum Gasteiger partial charge on any atom is 0.255 e. The van der Waals surface area contributed by atoms with E-state index < -0.39 is 0 Å². The highest BCUT2D eigenvalue weighted by atomic mass is 19.1. The molecule has 1 aromatic heterocycles. The summed E-state index contributed by atoms with van der Waals surface area (Å²) in [7, 11) is 0. The monoisotopic (exact) mass is 353 g/mol. The third kappa shape index (κ3) is 4.69. The third-order valence-corrected chi connectivity index (χ3v) is 3.72. The van der Waals surface area contributed by atoms with E-state index in [4.69, 9.17) is 4.74 Å². The Kier molecular flexibility index (Phi) is 5.63. The molecule has 0 bridgehead atoms. The predicted molar refractivity (Wildman–Crippen MR) is 97.9 cm³/mol. The molecule has 0 radical (unpaired) electrons. The number of hydrogen-bond acceptors (Lipinski definition) is 3. The lowest BCUT2D eigenvalue weighted by Crippen LogP contribution is -2.11. The van der Waals surface area contributed by atoms with E-state index in [9.17, 15) is 9.18 Å². The molecule has 0 aliphatic rings. The van der Waals surface area contributed by atoms with Crippen LogP contribution in [0.25, 0.3) is 0 Å². The quantitative estimate of drug-likeness (QED) is 0.695. The van der Waals surface area contributed by atoms with Crippen molar-refractivity contribution in [1.82, 2.24) is 9.78 Å². The molecule has 0 saturated carbocycles. The fourth-order valence-corrected chi connectivity index (χ4v) is 2.44. The number of amides is 1. The lowest BCUT2D eigenvalue weighted by molar-refractivity contribution is 0.102. The Morgan fingerprint density at radius 2 is 2.04 bits per heavy atom. The van der Waals surface area contributed by atoms with Crippen LogP contribution in [0.3, 0.4) is 0 Å². The highest BCUT2D eigenvalue weighted by Crippen LogP contribution is 2.16. The second-order valence-corrected chi connectivity index (χ2v) is 5.88. The lowest BCUT2D eigenvalue weighted by atomic mass is 10.2. The second-order valence-electron chi connectivity index (χ2n) is 5.88. The highest BCUT2D eigenvalue weighted by Gasteiger charge is 2.09. The average Bonchev–Trinajstić information content (AvgIpc) is 3.09. The fourth-order valence-electron chi connectivity index (χ4n) is 2.44. The molecule has 0 unspecified atom stereocenters. The molecule has 5 nitrogen and oxygen atoms in total. The standard InChI is InChI=1S/C20H20FN3O2/c1-2-10-26-19-5-3-4-16(11-19)20(25)23-18-12-22-24(14-18)13-15-6-8-17(21)9-7-15/h3-9,11-12,14H,2,10,13H2,1H3,(H,23,25). The van der Waals surface area contributed by atoms with Gasteiger partial charge in [0.1, 0.15) is 11.6 Å². The molecule has 0 aliphatic heterocycles. The Morgan fingerprint density at radius 3 is 2.81 bits per heavy atom. The van der Waals surface area contributed by atoms with Gasteiger partial charge >= 0.3 is 0 Å². The number of carbonyl (C=O) groups excluding carboxylic acids is 1. The maximum atomic E-state index is 13.0. The lowest BCUT2D eigenvalue weighted by Gasteiger charge is -2.07. The normalized spacial score (nSPS) is 10.5. The molecule has 3 aromatic rings. The summed E-state index contributed by atoms with van der Waals surface area (Å²) in [6.45, 7) is 3.14. The summed E-state index contributed by atoms with van der Waals surface area (Å²) < 4.78 is 20.2. The summed E-state index contributed by atoms with van der Waals surface area (Å²) in [5.74, 6) is 0.173. The number of aromatic nitrogens is 2. The van der Waals surface area contributed by atoms with Gasteiger partial charge in [-0.05, 0) is 42.3 Å². The van der Waals surface area contributed by atoms with Crippen molar-refractivity contribution in [2.24, 2.45) is 0 Å². The summed E-state index contributed by atoms with van der Waals surface area (Å²) in [4.78, 5) is 12.4. The van der Waals surface area contributed by atoms with Gasteiger partial charge in [-0.1, -0.05) is 25.1 Å². The Hall–Kier alpha value is -3.15. The Labute approximate surface area is 151 Å². The SMILES string of the molecule is CCCOc1cccc(C(=O)Nc2cnn(Cc3ccc(F)cc3)c2)c1. The molecule has 0 saturated heterocycles. The second kappa shape index (κ2) is 8.29. The number of halogens is 1. The van der Waals surface area contributed by atoms with E-state index in [1.807, 2.05) is 13.0 Å². The largest absolute Gasteiger partial charge is 0.494 e. The first kappa shape index (κ1) is 17.7. The van der Waals surface area contributed by atoms with E-state index >= 15 is 0 Å². The first-order chi connectivity index (χ1) is 12.6. The van der Waals surface area contributed by atoms with Crippen LogP contribution in [0, 0.1) is 5.82 Å². The summed E-state index contributed by atoms with van der Waals surface area (Å²) in [5, 5.41) is 7.04. The van der Waals surface area contributed by atoms with Crippen molar-refractivity contribution in [3.63, 3.8) is 0 Å². The molecule has 3 rings (SSSR count). The van der Waals surface area contributed by atoms with Gasteiger partial charge in [-0.15, -0.1) is 0 Å². The van der Waals surface area contributed by atoms with Crippen LogP contribution in [0.1, 0.15) is 29.3 Å². The van der Waals surface area contributed by atoms with Gasteiger partial charge in [0, 0.05) is 11.8 Å². The van der Waals surface area contributed by atoms with Crippen LogP contribution in [0.15, 0.2) is 60.9 Å². The Balaban J connectivity index is 1.63. The number of carbonyl (C=O) groups is 1. The Morgan fingerprint density at radius 1 is 1.23 bits per heavy atom. The maximum absolute atomic E-state index is 13.0. The molecule has 0 fully saturated rings. The van der Waals surface area contributed by atoms with Crippen LogP contribution in [0.5, 0.6) is 5.75 Å². The molecule has 0 atom stereocenters. The van der Waals surface area contributed by atoms with Crippen molar-refractivity contribution >= 4 is 11.6 Å². The highest BCUT2D eigenvalue weighted by molar-refractivity contribution is 6.04. The molecule has 1 amide bonds. The topological polar surface area (TPSA) is 56.1 Å². The number of ether oxygens (including phenoxy) is 1. The van der Waals surface area contributed by atoms with Gasteiger partial charge in [0.05, 0.1) is 25.0 Å². The van der Waals surface area contributed by atoms with Crippen LogP contribution >= 0.6 is 0 Å². The minimum absolute atomic E-state index is 0.228. The van der Waals surface area contributed by atoms with Crippen molar-refractivity contribution in [3.05, 3.63) is 77.9 Å². The molecule has 0 aliphatic carbocycles. The van der Waals surface area contributed by atoms with Crippen LogP contribution < -0.4 is 10.1 Å². The van der Waals surface area contributed by atoms with Gasteiger partial charge < -0.3 is 10.1 Å². The number of benzene rings is 2. The molecule has 134 valence electrons. The zero-order valence-corrected chi connectivity index (χ0v) is 14.5. The van der Waals surface area contributed by atoms with Crippen LogP contribution in [-0.2, 0) is 6.54 Å². The van der Waals surface area contributed by atoms with Crippen molar-refractivity contribution < 1.29 is 13.9 Å². The number of rotatable bonds is 7. The molecular weight excluding hydrogens is 333 g/mol. The first-order valence-electron chi connectivity index (χ1n) is 8.45. The summed E-state index contributed by atoms with van der Waals surface area (Å²) >= 11 is 0. The fraction of sp³-hybridized carbons (Fsp3) is 0.200. The van der Waals surface area contributed by atoms with Crippen molar-refractivity contribution in [2.45, 2.75) is 19.9 Å². The molecule has 1 N–H and O–H groups in total. The molecule has 26 heavy (non-hydrogen) atoms. The van der Waals surface area contributed by atoms with Crippen LogP contribution in [0.4, 0.5) is 10.1 Å². The van der Waals surface area contributed by atoms with E-state index in [2.05, 4.69) is 10.4 Å². The number of hydrogen-bond donors (Lipinski definition) is 1. The van der Waals surface area contributed by atoms with E-state index in [1.165, 1.54) is 12.1 Å². The van der Waals surface area contributed by atoms with Crippen LogP contribution in [0.2, 0.25) is 0 Å². The summed E-state index contributed by atoms with van der Waals surface area (Å²) in [5.41, 5.74) is 2.04. The van der Waals surface area contributed by atoms with Gasteiger partial charge in [0.2, 0.25) is 0 Å². The van der Waals surface area contributed by atoms with E-state index in [1.54, 1.807) is 47.4 Å². The molecule has 0 spiro atoms.